The van der Waals surface area contributed by atoms with Gasteiger partial charge in [-0.15, -0.1) is 10.2 Å². The number of carbonyl (C=O) groups excluding carboxylic acids is 2. The number of fused-ring (bicyclic) bond motifs is 3. The Bertz CT molecular complexity index is 1340. The standard InChI is InChI=1S/C25H25N5O3/c1-3-33-25(32)18-11-13-29(14-12-18)23-24-28-27-16(2)30(24)21-15-19(9-10-20(21)26-23)22(31)17-7-5-4-6-8-17/h4-10,15,18H,3,11-14H2,1-2H3. The normalized spacial score (nSPS) is 14.7. The molecule has 33 heavy (non-hydrogen) atoms. The third kappa shape index (κ3) is 3.82. The van der Waals surface area contributed by atoms with Gasteiger partial charge in [0.1, 0.15) is 5.82 Å². The van der Waals surface area contributed by atoms with Crippen LogP contribution in [0.15, 0.2) is 48.5 Å². The molecule has 4 aromatic rings. The van der Waals surface area contributed by atoms with Crippen LogP contribution in [0.25, 0.3) is 16.7 Å². The largest absolute Gasteiger partial charge is 0.466 e. The summed E-state index contributed by atoms with van der Waals surface area (Å²) in [6.45, 7) is 5.50. The van der Waals surface area contributed by atoms with Gasteiger partial charge in [0.15, 0.2) is 11.6 Å². The molecule has 8 nitrogen and oxygen atoms in total. The molecule has 3 heterocycles. The zero-order valence-corrected chi connectivity index (χ0v) is 18.7. The van der Waals surface area contributed by atoms with E-state index in [2.05, 4.69) is 15.1 Å². The van der Waals surface area contributed by atoms with Gasteiger partial charge in [-0.1, -0.05) is 30.3 Å². The van der Waals surface area contributed by atoms with Gasteiger partial charge in [0.25, 0.3) is 0 Å². The number of anilines is 1. The van der Waals surface area contributed by atoms with Crippen LogP contribution >= 0.6 is 0 Å². The van der Waals surface area contributed by atoms with Crippen molar-refractivity contribution in [3.63, 3.8) is 0 Å². The summed E-state index contributed by atoms with van der Waals surface area (Å²) >= 11 is 0. The highest BCUT2D eigenvalue weighted by atomic mass is 16.5. The zero-order chi connectivity index (χ0) is 22.9. The Kier molecular flexibility index (Phi) is 5.50. The monoisotopic (exact) mass is 443 g/mol. The number of hydrogen-bond donors (Lipinski definition) is 0. The summed E-state index contributed by atoms with van der Waals surface area (Å²) in [5.74, 6) is 1.23. The number of hydrogen-bond acceptors (Lipinski definition) is 7. The molecule has 0 aliphatic carbocycles. The molecule has 2 aromatic carbocycles. The number of aryl methyl sites for hydroxylation is 1. The van der Waals surface area contributed by atoms with E-state index >= 15 is 0 Å². The maximum absolute atomic E-state index is 13.0. The van der Waals surface area contributed by atoms with Crippen molar-refractivity contribution in [2.24, 2.45) is 5.92 Å². The van der Waals surface area contributed by atoms with Gasteiger partial charge in [0, 0.05) is 24.2 Å². The second kappa shape index (κ2) is 8.61. The molecule has 1 saturated heterocycles. The summed E-state index contributed by atoms with van der Waals surface area (Å²) in [4.78, 5) is 32.1. The topological polar surface area (TPSA) is 89.7 Å². The average molecular weight is 444 g/mol. The van der Waals surface area contributed by atoms with E-state index in [1.54, 1.807) is 0 Å². The third-order valence-electron chi connectivity index (χ3n) is 6.18. The summed E-state index contributed by atoms with van der Waals surface area (Å²) in [6.07, 6.45) is 1.42. The average Bonchev–Trinajstić information content (AvgIpc) is 3.25. The number of benzene rings is 2. The van der Waals surface area contributed by atoms with Crippen molar-refractivity contribution in [1.82, 2.24) is 19.6 Å². The minimum Gasteiger partial charge on any atom is -0.466 e. The van der Waals surface area contributed by atoms with Crippen molar-refractivity contribution in [3.05, 3.63) is 65.5 Å². The van der Waals surface area contributed by atoms with Crippen molar-refractivity contribution in [3.8, 4) is 0 Å². The fraction of sp³-hybridized carbons (Fsp3) is 0.320. The van der Waals surface area contributed by atoms with Crippen LogP contribution in [0.2, 0.25) is 0 Å². The van der Waals surface area contributed by atoms with Crippen molar-refractivity contribution < 1.29 is 14.3 Å². The molecular formula is C25H25N5O3. The Morgan fingerprint density at radius 1 is 1.03 bits per heavy atom. The molecule has 0 amide bonds. The smallest absolute Gasteiger partial charge is 0.309 e. The van der Waals surface area contributed by atoms with Crippen LogP contribution in [0.4, 0.5) is 5.82 Å². The first-order valence-corrected chi connectivity index (χ1v) is 11.2. The number of nitrogens with zero attached hydrogens (tertiary/aromatic N) is 5. The molecular weight excluding hydrogens is 418 g/mol. The Hall–Kier alpha value is -3.81. The highest BCUT2D eigenvalue weighted by Crippen LogP contribution is 2.29. The fourth-order valence-corrected chi connectivity index (χ4v) is 4.45. The van der Waals surface area contributed by atoms with Gasteiger partial charge >= 0.3 is 5.97 Å². The van der Waals surface area contributed by atoms with Crippen LogP contribution in [0.3, 0.4) is 0 Å². The van der Waals surface area contributed by atoms with Gasteiger partial charge in [-0.3, -0.25) is 14.0 Å². The summed E-state index contributed by atoms with van der Waals surface area (Å²) in [5, 5.41) is 8.68. The van der Waals surface area contributed by atoms with Gasteiger partial charge < -0.3 is 9.64 Å². The molecule has 168 valence electrons. The van der Waals surface area contributed by atoms with Crippen molar-refractivity contribution >= 4 is 34.3 Å². The van der Waals surface area contributed by atoms with Crippen LogP contribution in [-0.4, -0.2) is 51.0 Å². The van der Waals surface area contributed by atoms with Gasteiger partial charge in [-0.05, 0) is 44.9 Å². The van der Waals surface area contributed by atoms with E-state index in [-0.39, 0.29) is 17.7 Å². The Balaban J connectivity index is 1.52. The summed E-state index contributed by atoms with van der Waals surface area (Å²) in [6, 6.07) is 14.8. The van der Waals surface area contributed by atoms with E-state index in [1.807, 2.05) is 66.8 Å². The molecule has 8 heteroatoms. The number of carbonyl (C=O) groups is 2. The van der Waals surface area contributed by atoms with Gasteiger partial charge in [-0.25, -0.2) is 4.98 Å². The third-order valence-corrected chi connectivity index (χ3v) is 6.18. The fourth-order valence-electron chi connectivity index (χ4n) is 4.45. The Labute approximate surface area is 191 Å². The van der Waals surface area contributed by atoms with Crippen LogP contribution in [0.5, 0.6) is 0 Å². The van der Waals surface area contributed by atoms with Crippen molar-refractivity contribution in [2.75, 3.05) is 24.6 Å². The first-order valence-electron chi connectivity index (χ1n) is 11.2. The number of ether oxygens (including phenoxy) is 1. The second-order valence-corrected chi connectivity index (χ2v) is 8.25. The first-order chi connectivity index (χ1) is 16.1. The SMILES string of the molecule is CCOC(=O)C1CCN(c2nc3ccc(C(=O)c4ccccc4)cc3n3c(C)nnc23)CC1. The van der Waals surface area contributed by atoms with Gasteiger partial charge in [-0.2, -0.15) is 0 Å². The highest BCUT2D eigenvalue weighted by molar-refractivity contribution is 6.10. The number of ketones is 1. The lowest BCUT2D eigenvalue weighted by molar-refractivity contribution is -0.148. The van der Waals surface area contributed by atoms with E-state index < -0.39 is 0 Å². The lowest BCUT2D eigenvalue weighted by atomic mass is 9.97. The molecule has 0 N–H and O–H groups in total. The molecule has 0 spiro atoms. The first kappa shape index (κ1) is 21.1. The summed E-state index contributed by atoms with van der Waals surface area (Å²) in [7, 11) is 0. The predicted octanol–water partition coefficient (Wildman–Crippen LogP) is 3.60. The number of rotatable bonds is 5. The van der Waals surface area contributed by atoms with E-state index in [1.165, 1.54) is 0 Å². The van der Waals surface area contributed by atoms with Crippen molar-refractivity contribution in [1.29, 1.82) is 0 Å². The maximum Gasteiger partial charge on any atom is 0.309 e. The Morgan fingerprint density at radius 3 is 2.52 bits per heavy atom. The second-order valence-electron chi connectivity index (χ2n) is 8.25. The number of aromatic nitrogens is 4. The van der Waals surface area contributed by atoms with Crippen LogP contribution in [-0.2, 0) is 9.53 Å². The summed E-state index contributed by atoms with van der Waals surface area (Å²) in [5.41, 5.74) is 3.44. The minimum atomic E-state index is -0.122. The molecule has 0 radical (unpaired) electrons. The zero-order valence-electron chi connectivity index (χ0n) is 18.7. The highest BCUT2D eigenvalue weighted by Gasteiger charge is 2.28. The number of piperidine rings is 1. The Morgan fingerprint density at radius 2 is 1.79 bits per heavy atom. The van der Waals surface area contributed by atoms with E-state index in [0.29, 0.717) is 49.3 Å². The summed E-state index contributed by atoms with van der Waals surface area (Å²) < 4.78 is 7.14. The molecule has 0 saturated carbocycles. The van der Waals surface area contributed by atoms with Crippen LogP contribution in [0, 0.1) is 12.8 Å². The predicted molar refractivity (Wildman–Crippen MR) is 124 cm³/mol. The molecule has 2 aromatic heterocycles. The van der Waals surface area contributed by atoms with Crippen molar-refractivity contribution in [2.45, 2.75) is 26.7 Å². The van der Waals surface area contributed by atoms with E-state index in [4.69, 9.17) is 9.72 Å². The minimum absolute atomic E-state index is 0.0403. The lowest BCUT2D eigenvalue weighted by Gasteiger charge is -2.31. The molecule has 0 bridgehead atoms. The molecule has 1 fully saturated rings. The number of esters is 1. The quantitative estimate of drug-likeness (QED) is 0.344. The maximum atomic E-state index is 13.0. The molecule has 5 rings (SSSR count). The molecule has 1 aliphatic rings. The van der Waals surface area contributed by atoms with E-state index in [0.717, 1.165) is 22.7 Å². The lowest BCUT2D eigenvalue weighted by Crippen LogP contribution is -2.37. The molecule has 1 aliphatic heterocycles. The van der Waals surface area contributed by atoms with E-state index in [9.17, 15) is 9.59 Å². The van der Waals surface area contributed by atoms with Gasteiger partial charge in [0.2, 0.25) is 5.65 Å². The molecule has 0 atom stereocenters. The van der Waals surface area contributed by atoms with Gasteiger partial charge in [0.05, 0.1) is 23.6 Å². The van der Waals surface area contributed by atoms with Crippen LogP contribution in [0.1, 0.15) is 41.5 Å². The van der Waals surface area contributed by atoms with Crippen LogP contribution < -0.4 is 4.90 Å². The molecule has 0 unspecified atom stereocenters.